The van der Waals surface area contributed by atoms with Gasteiger partial charge in [0.1, 0.15) is 0 Å². The van der Waals surface area contributed by atoms with E-state index in [0.29, 0.717) is 21.7 Å². The SMILES string of the molecule is CN(CCc1ccc(NC(=O)c2ccc(Cl)c(Cl)c2)cc1)C1CCSC1. The standard InChI is InChI=1S/C20H22Cl2N2OS/c1-24(17-9-11-26-13-17)10-8-14-2-5-16(6-3-14)23-20(25)15-4-7-18(21)19(22)12-15/h2-7,12,17H,8-11,13H2,1H3,(H,23,25). The molecule has 138 valence electrons. The van der Waals surface area contributed by atoms with Crippen molar-refractivity contribution in [2.75, 3.05) is 30.4 Å². The van der Waals surface area contributed by atoms with Crippen molar-refractivity contribution in [2.24, 2.45) is 0 Å². The Kier molecular flexibility index (Phi) is 6.87. The summed E-state index contributed by atoms with van der Waals surface area (Å²) in [6, 6.07) is 13.6. The topological polar surface area (TPSA) is 32.3 Å². The van der Waals surface area contributed by atoms with Gasteiger partial charge in [-0.1, -0.05) is 35.3 Å². The summed E-state index contributed by atoms with van der Waals surface area (Å²) in [6.07, 6.45) is 2.31. The van der Waals surface area contributed by atoms with Crippen LogP contribution < -0.4 is 5.32 Å². The molecule has 1 unspecified atom stereocenters. The number of rotatable bonds is 6. The Morgan fingerprint density at radius 3 is 2.62 bits per heavy atom. The number of carbonyl (C=O) groups is 1. The van der Waals surface area contributed by atoms with Crippen molar-refractivity contribution in [1.82, 2.24) is 4.90 Å². The second-order valence-corrected chi connectivity index (χ2v) is 8.49. The molecule has 2 aromatic carbocycles. The molecule has 2 aromatic rings. The lowest BCUT2D eigenvalue weighted by atomic mass is 10.1. The second kappa shape index (κ2) is 9.14. The Morgan fingerprint density at radius 2 is 1.96 bits per heavy atom. The number of amides is 1. The van der Waals surface area contributed by atoms with E-state index in [-0.39, 0.29) is 5.91 Å². The summed E-state index contributed by atoms with van der Waals surface area (Å²) in [5, 5.41) is 3.70. The molecule has 0 aliphatic carbocycles. The highest BCUT2D eigenvalue weighted by atomic mass is 35.5. The zero-order chi connectivity index (χ0) is 18.5. The van der Waals surface area contributed by atoms with Gasteiger partial charge in [0, 0.05) is 29.6 Å². The van der Waals surface area contributed by atoms with Crippen LogP contribution in [-0.2, 0) is 6.42 Å². The van der Waals surface area contributed by atoms with Gasteiger partial charge in [-0.2, -0.15) is 11.8 Å². The van der Waals surface area contributed by atoms with Crippen LogP contribution in [0, 0.1) is 0 Å². The third kappa shape index (κ3) is 5.17. The molecule has 1 N–H and O–H groups in total. The lowest BCUT2D eigenvalue weighted by Crippen LogP contribution is -2.33. The Morgan fingerprint density at radius 1 is 1.19 bits per heavy atom. The van der Waals surface area contributed by atoms with Gasteiger partial charge in [-0.25, -0.2) is 0 Å². The minimum absolute atomic E-state index is 0.199. The summed E-state index contributed by atoms with van der Waals surface area (Å²) in [4.78, 5) is 14.8. The van der Waals surface area contributed by atoms with Crippen LogP contribution >= 0.6 is 35.0 Å². The van der Waals surface area contributed by atoms with Crippen LogP contribution in [0.1, 0.15) is 22.3 Å². The molecule has 6 heteroatoms. The predicted molar refractivity (Wildman–Crippen MR) is 113 cm³/mol. The number of anilines is 1. The lowest BCUT2D eigenvalue weighted by Gasteiger charge is -2.23. The zero-order valence-corrected chi connectivity index (χ0v) is 17.0. The summed E-state index contributed by atoms with van der Waals surface area (Å²) < 4.78 is 0. The Balaban J connectivity index is 1.53. The second-order valence-electron chi connectivity index (χ2n) is 6.53. The fourth-order valence-electron chi connectivity index (χ4n) is 2.95. The molecule has 1 fully saturated rings. The zero-order valence-electron chi connectivity index (χ0n) is 14.7. The Hall–Kier alpha value is -1.20. The molecule has 0 bridgehead atoms. The predicted octanol–water partition coefficient (Wildman–Crippen LogP) is 5.23. The van der Waals surface area contributed by atoms with Crippen molar-refractivity contribution in [2.45, 2.75) is 18.9 Å². The summed E-state index contributed by atoms with van der Waals surface area (Å²) in [6.45, 7) is 1.06. The number of nitrogens with one attached hydrogen (secondary N) is 1. The molecule has 0 radical (unpaired) electrons. The number of likely N-dealkylation sites (N-methyl/N-ethyl adjacent to an activating group) is 1. The first-order valence-corrected chi connectivity index (χ1v) is 10.6. The summed E-state index contributed by atoms with van der Waals surface area (Å²) in [7, 11) is 2.21. The van der Waals surface area contributed by atoms with Gasteiger partial charge in [-0.3, -0.25) is 4.79 Å². The summed E-state index contributed by atoms with van der Waals surface area (Å²) in [5.74, 6) is 2.33. The monoisotopic (exact) mass is 408 g/mol. The van der Waals surface area contributed by atoms with E-state index in [0.717, 1.165) is 18.7 Å². The van der Waals surface area contributed by atoms with E-state index in [9.17, 15) is 4.79 Å². The van der Waals surface area contributed by atoms with Gasteiger partial charge in [-0.05, 0) is 61.5 Å². The van der Waals surface area contributed by atoms with E-state index in [4.69, 9.17) is 23.2 Å². The van der Waals surface area contributed by atoms with Crippen LogP contribution in [0.5, 0.6) is 0 Å². The number of halogens is 2. The molecule has 1 atom stereocenters. The van der Waals surface area contributed by atoms with Crippen molar-refractivity contribution in [3.63, 3.8) is 0 Å². The number of carbonyl (C=O) groups excluding carboxylic acids is 1. The summed E-state index contributed by atoms with van der Waals surface area (Å²) >= 11 is 13.9. The van der Waals surface area contributed by atoms with E-state index in [1.807, 2.05) is 23.9 Å². The maximum Gasteiger partial charge on any atom is 0.255 e. The number of hydrogen-bond donors (Lipinski definition) is 1. The van der Waals surface area contributed by atoms with Crippen LogP contribution in [0.15, 0.2) is 42.5 Å². The molecule has 3 nitrogen and oxygen atoms in total. The fraction of sp³-hybridized carbons (Fsp3) is 0.350. The van der Waals surface area contributed by atoms with E-state index in [2.05, 4.69) is 29.4 Å². The van der Waals surface area contributed by atoms with Crippen LogP contribution in [0.4, 0.5) is 5.69 Å². The minimum atomic E-state index is -0.199. The Bertz CT molecular complexity index is 761. The van der Waals surface area contributed by atoms with E-state index in [1.54, 1.807) is 18.2 Å². The van der Waals surface area contributed by atoms with Gasteiger partial charge < -0.3 is 10.2 Å². The van der Waals surface area contributed by atoms with Crippen molar-refractivity contribution >= 4 is 46.6 Å². The molecular weight excluding hydrogens is 387 g/mol. The molecule has 1 amide bonds. The fourth-order valence-corrected chi connectivity index (χ4v) is 4.55. The van der Waals surface area contributed by atoms with Gasteiger partial charge in [-0.15, -0.1) is 0 Å². The van der Waals surface area contributed by atoms with Crippen molar-refractivity contribution in [3.05, 3.63) is 63.6 Å². The average molecular weight is 409 g/mol. The number of hydrogen-bond acceptors (Lipinski definition) is 3. The lowest BCUT2D eigenvalue weighted by molar-refractivity contribution is 0.102. The van der Waals surface area contributed by atoms with Crippen LogP contribution in [0.2, 0.25) is 10.0 Å². The quantitative estimate of drug-likeness (QED) is 0.710. The van der Waals surface area contributed by atoms with Crippen molar-refractivity contribution in [3.8, 4) is 0 Å². The van der Waals surface area contributed by atoms with Crippen molar-refractivity contribution < 1.29 is 4.79 Å². The summed E-state index contributed by atoms with van der Waals surface area (Å²) in [5.41, 5.74) is 2.53. The van der Waals surface area contributed by atoms with E-state index in [1.165, 1.54) is 23.5 Å². The maximum absolute atomic E-state index is 12.3. The molecule has 1 saturated heterocycles. The van der Waals surface area contributed by atoms with Gasteiger partial charge >= 0.3 is 0 Å². The van der Waals surface area contributed by atoms with Crippen LogP contribution in [0.25, 0.3) is 0 Å². The van der Waals surface area contributed by atoms with Gasteiger partial charge in [0.15, 0.2) is 0 Å². The first-order valence-electron chi connectivity index (χ1n) is 8.66. The molecule has 0 saturated carbocycles. The highest BCUT2D eigenvalue weighted by Gasteiger charge is 2.19. The minimum Gasteiger partial charge on any atom is -0.322 e. The highest BCUT2D eigenvalue weighted by molar-refractivity contribution is 7.99. The van der Waals surface area contributed by atoms with Crippen molar-refractivity contribution in [1.29, 1.82) is 0 Å². The molecule has 1 aliphatic rings. The van der Waals surface area contributed by atoms with Crippen LogP contribution in [-0.4, -0.2) is 41.9 Å². The van der Waals surface area contributed by atoms with Gasteiger partial charge in [0.2, 0.25) is 0 Å². The van der Waals surface area contributed by atoms with Gasteiger partial charge in [0.05, 0.1) is 10.0 Å². The number of benzene rings is 2. The molecule has 26 heavy (non-hydrogen) atoms. The largest absolute Gasteiger partial charge is 0.322 e. The number of nitrogens with zero attached hydrogens (tertiary/aromatic N) is 1. The normalized spacial score (nSPS) is 16.8. The highest BCUT2D eigenvalue weighted by Crippen LogP contribution is 2.24. The first-order chi connectivity index (χ1) is 12.5. The Labute approximate surface area is 169 Å². The first kappa shape index (κ1) is 19.6. The van der Waals surface area contributed by atoms with E-state index >= 15 is 0 Å². The maximum atomic E-state index is 12.3. The molecule has 0 aromatic heterocycles. The molecule has 0 spiro atoms. The third-order valence-corrected chi connectivity index (χ3v) is 6.56. The van der Waals surface area contributed by atoms with Gasteiger partial charge in [0.25, 0.3) is 5.91 Å². The molecular formula is C20H22Cl2N2OS. The van der Waals surface area contributed by atoms with E-state index < -0.39 is 0 Å². The molecule has 1 aliphatic heterocycles. The smallest absolute Gasteiger partial charge is 0.255 e. The third-order valence-electron chi connectivity index (χ3n) is 4.68. The van der Waals surface area contributed by atoms with Crippen LogP contribution in [0.3, 0.4) is 0 Å². The molecule has 3 rings (SSSR count). The average Bonchev–Trinajstić information content (AvgIpc) is 3.18. The number of thioether (sulfide) groups is 1. The molecule has 1 heterocycles.